The molecule has 2 rings (SSSR count). The first-order valence-electron chi connectivity index (χ1n) is 6.28. The second-order valence-electron chi connectivity index (χ2n) is 4.81. The van der Waals surface area contributed by atoms with E-state index in [0.29, 0.717) is 0 Å². The molecule has 0 radical (unpaired) electrons. The fourth-order valence-electron chi connectivity index (χ4n) is 2.48. The van der Waals surface area contributed by atoms with E-state index in [2.05, 4.69) is 4.90 Å². The standard InChI is InChI=1S/C14H20N2O.BrH/c1-11-5-7-12(8-6-11)13(14(15)17)16-9-3-2-4-10-16;/h5-8,13H,2-4,9-10H2,1H3,(H2,15,17);1H. The molecule has 3 nitrogen and oxygen atoms in total. The van der Waals surface area contributed by atoms with E-state index in [-0.39, 0.29) is 28.9 Å². The lowest BCUT2D eigenvalue weighted by molar-refractivity contribution is -0.123. The zero-order chi connectivity index (χ0) is 12.3. The summed E-state index contributed by atoms with van der Waals surface area (Å²) in [6.45, 7) is 3.99. The summed E-state index contributed by atoms with van der Waals surface area (Å²) < 4.78 is 0. The van der Waals surface area contributed by atoms with Crippen molar-refractivity contribution in [3.63, 3.8) is 0 Å². The predicted octanol–water partition coefficient (Wildman–Crippen LogP) is 2.59. The first kappa shape index (κ1) is 15.2. The molecule has 0 spiro atoms. The van der Waals surface area contributed by atoms with E-state index >= 15 is 0 Å². The smallest absolute Gasteiger partial charge is 0.239 e. The van der Waals surface area contributed by atoms with Crippen molar-refractivity contribution in [3.05, 3.63) is 35.4 Å². The van der Waals surface area contributed by atoms with E-state index in [4.69, 9.17) is 5.73 Å². The average molecular weight is 313 g/mol. The fraction of sp³-hybridized carbons (Fsp3) is 0.500. The highest BCUT2D eigenvalue weighted by Crippen LogP contribution is 2.24. The molecule has 1 aliphatic heterocycles. The molecule has 0 aromatic heterocycles. The Kier molecular flexibility index (Phi) is 5.82. The van der Waals surface area contributed by atoms with Crippen LogP contribution in [0.3, 0.4) is 0 Å². The number of benzene rings is 1. The number of piperidine rings is 1. The Bertz CT molecular complexity index is 385. The highest BCUT2D eigenvalue weighted by molar-refractivity contribution is 8.93. The first-order valence-corrected chi connectivity index (χ1v) is 6.28. The summed E-state index contributed by atoms with van der Waals surface area (Å²) in [6, 6.07) is 7.85. The van der Waals surface area contributed by atoms with E-state index in [1.165, 1.54) is 12.0 Å². The van der Waals surface area contributed by atoms with Gasteiger partial charge in [0.05, 0.1) is 0 Å². The topological polar surface area (TPSA) is 46.3 Å². The number of amides is 1. The van der Waals surface area contributed by atoms with Gasteiger partial charge in [-0.2, -0.15) is 0 Å². The minimum atomic E-state index is -0.254. The van der Waals surface area contributed by atoms with Gasteiger partial charge < -0.3 is 5.73 Å². The number of hydrogen-bond acceptors (Lipinski definition) is 2. The average Bonchev–Trinajstić information content (AvgIpc) is 2.33. The number of carbonyl (C=O) groups is 1. The number of rotatable bonds is 3. The van der Waals surface area contributed by atoms with Gasteiger partial charge in [-0.15, -0.1) is 17.0 Å². The van der Waals surface area contributed by atoms with E-state index in [9.17, 15) is 4.79 Å². The Morgan fingerprint density at radius 3 is 2.22 bits per heavy atom. The molecule has 1 fully saturated rings. The van der Waals surface area contributed by atoms with Crippen LogP contribution < -0.4 is 5.73 Å². The Labute approximate surface area is 119 Å². The summed E-state index contributed by atoms with van der Waals surface area (Å²) in [4.78, 5) is 13.9. The molecule has 2 N–H and O–H groups in total. The molecule has 100 valence electrons. The SMILES string of the molecule is Br.Cc1ccc(C(C(N)=O)N2CCCCC2)cc1. The van der Waals surface area contributed by atoms with Crippen LogP contribution in [0.25, 0.3) is 0 Å². The van der Waals surface area contributed by atoms with Crippen molar-refractivity contribution in [2.45, 2.75) is 32.2 Å². The highest BCUT2D eigenvalue weighted by atomic mass is 79.9. The molecule has 1 unspecified atom stereocenters. The van der Waals surface area contributed by atoms with Crippen LogP contribution in [0.2, 0.25) is 0 Å². The van der Waals surface area contributed by atoms with Crippen LogP contribution in [0.5, 0.6) is 0 Å². The third-order valence-corrected chi connectivity index (χ3v) is 3.42. The number of nitrogens with two attached hydrogens (primary N) is 1. The molecule has 0 aliphatic carbocycles. The maximum absolute atomic E-state index is 11.7. The van der Waals surface area contributed by atoms with Crippen molar-refractivity contribution in [2.75, 3.05) is 13.1 Å². The molecule has 0 bridgehead atoms. The van der Waals surface area contributed by atoms with Crippen LogP contribution in [0.15, 0.2) is 24.3 Å². The molecule has 1 atom stereocenters. The lowest BCUT2D eigenvalue weighted by atomic mass is 10.0. The minimum absolute atomic E-state index is 0. The van der Waals surface area contributed by atoms with Crippen molar-refractivity contribution in [1.82, 2.24) is 4.90 Å². The number of aryl methyl sites for hydroxylation is 1. The molecule has 18 heavy (non-hydrogen) atoms. The lowest BCUT2D eigenvalue weighted by Gasteiger charge is -2.32. The Morgan fingerprint density at radius 2 is 1.72 bits per heavy atom. The van der Waals surface area contributed by atoms with Gasteiger partial charge in [0, 0.05) is 0 Å². The molecule has 0 saturated carbocycles. The zero-order valence-corrected chi connectivity index (χ0v) is 12.5. The molecule has 1 aromatic rings. The van der Waals surface area contributed by atoms with Gasteiger partial charge in [-0.05, 0) is 38.4 Å². The van der Waals surface area contributed by atoms with Crippen LogP contribution >= 0.6 is 17.0 Å². The van der Waals surface area contributed by atoms with Gasteiger partial charge in [-0.3, -0.25) is 9.69 Å². The van der Waals surface area contributed by atoms with Crippen molar-refractivity contribution in [1.29, 1.82) is 0 Å². The van der Waals surface area contributed by atoms with Crippen LogP contribution in [0, 0.1) is 6.92 Å². The van der Waals surface area contributed by atoms with Gasteiger partial charge in [-0.25, -0.2) is 0 Å². The summed E-state index contributed by atoms with van der Waals surface area (Å²) in [5.74, 6) is -0.240. The largest absolute Gasteiger partial charge is 0.368 e. The molecule has 1 aliphatic rings. The van der Waals surface area contributed by atoms with Gasteiger partial charge in [0.25, 0.3) is 0 Å². The van der Waals surface area contributed by atoms with E-state index in [1.807, 2.05) is 31.2 Å². The second kappa shape index (κ2) is 6.90. The number of nitrogens with zero attached hydrogens (tertiary/aromatic N) is 1. The third-order valence-electron chi connectivity index (χ3n) is 3.42. The molecule has 1 aromatic carbocycles. The Morgan fingerprint density at radius 1 is 1.17 bits per heavy atom. The van der Waals surface area contributed by atoms with E-state index in [1.54, 1.807) is 0 Å². The Hall–Kier alpha value is -0.870. The highest BCUT2D eigenvalue weighted by Gasteiger charge is 2.26. The number of primary amides is 1. The predicted molar refractivity (Wildman–Crippen MR) is 78.9 cm³/mol. The third kappa shape index (κ3) is 3.56. The number of halogens is 1. The number of hydrogen-bond donors (Lipinski definition) is 1. The van der Waals surface area contributed by atoms with Crippen molar-refractivity contribution < 1.29 is 4.79 Å². The molecular weight excluding hydrogens is 292 g/mol. The maximum Gasteiger partial charge on any atom is 0.239 e. The summed E-state index contributed by atoms with van der Waals surface area (Å²) in [7, 11) is 0. The van der Waals surface area contributed by atoms with Crippen LogP contribution in [-0.4, -0.2) is 23.9 Å². The summed E-state index contributed by atoms with van der Waals surface area (Å²) in [5.41, 5.74) is 7.78. The van der Waals surface area contributed by atoms with Gasteiger partial charge in [-0.1, -0.05) is 36.2 Å². The van der Waals surface area contributed by atoms with E-state index in [0.717, 1.165) is 31.5 Å². The van der Waals surface area contributed by atoms with Crippen molar-refractivity contribution in [3.8, 4) is 0 Å². The number of likely N-dealkylation sites (tertiary alicyclic amines) is 1. The number of carbonyl (C=O) groups excluding carboxylic acids is 1. The summed E-state index contributed by atoms with van der Waals surface area (Å²) in [6.07, 6.45) is 3.58. The zero-order valence-electron chi connectivity index (χ0n) is 10.8. The second-order valence-corrected chi connectivity index (χ2v) is 4.81. The van der Waals surface area contributed by atoms with E-state index < -0.39 is 0 Å². The van der Waals surface area contributed by atoms with Gasteiger partial charge in [0.15, 0.2) is 0 Å². The van der Waals surface area contributed by atoms with Gasteiger partial charge >= 0.3 is 0 Å². The first-order chi connectivity index (χ1) is 8.18. The fourth-order valence-corrected chi connectivity index (χ4v) is 2.48. The molecule has 1 saturated heterocycles. The molecule has 1 heterocycles. The van der Waals surface area contributed by atoms with Gasteiger partial charge in [0.2, 0.25) is 5.91 Å². The van der Waals surface area contributed by atoms with Crippen molar-refractivity contribution in [2.24, 2.45) is 5.73 Å². The lowest BCUT2D eigenvalue weighted by Crippen LogP contribution is -2.40. The minimum Gasteiger partial charge on any atom is -0.368 e. The molecule has 1 amide bonds. The molecular formula is C14H21BrN2O. The molecule has 4 heteroatoms. The maximum atomic E-state index is 11.7. The van der Waals surface area contributed by atoms with Gasteiger partial charge in [0.1, 0.15) is 6.04 Å². The van der Waals surface area contributed by atoms with Crippen molar-refractivity contribution >= 4 is 22.9 Å². The Balaban J connectivity index is 0.00000162. The monoisotopic (exact) mass is 312 g/mol. The van der Waals surface area contributed by atoms with Crippen LogP contribution in [0.4, 0.5) is 0 Å². The van der Waals surface area contributed by atoms with Crippen LogP contribution in [-0.2, 0) is 4.79 Å². The van der Waals surface area contributed by atoms with Crippen LogP contribution in [0.1, 0.15) is 36.4 Å². The quantitative estimate of drug-likeness (QED) is 0.932. The summed E-state index contributed by atoms with van der Waals surface area (Å²) in [5, 5.41) is 0. The normalized spacial score (nSPS) is 17.8. The summed E-state index contributed by atoms with van der Waals surface area (Å²) >= 11 is 0.